The molecular weight excluding hydrogens is 452 g/mol. The minimum atomic E-state index is -3.48. The average molecular weight is 483 g/mol. The quantitative estimate of drug-likeness (QED) is 0.486. The highest BCUT2D eigenvalue weighted by atomic mass is 32.2. The fourth-order valence-electron chi connectivity index (χ4n) is 3.60. The number of hydrogen-bond donors (Lipinski definition) is 1. The Morgan fingerprint density at radius 1 is 0.971 bits per heavy atom. The number of anilines is 1. The molecule has 0 fully saturated rings. The number of carbonyl (C=O) groups excluding carboxylic acids is 1. The molecule has 3 rings (SSSR count). The molecule has 3 aromatic rings. The first-order chi connectivity index (χ1) is 16.1. The van der Waals surface area contributed by atoms with E-state index in [1.165, 1.54) is 10.6 Å². The first-order valence-corrected chi connectivity index (χ1v) is 12.6. The van der Waals surface area contributed by atoms with Crippen molar-refractivity contribution >= 4 is 21.6 Å². The Morgan fingerprint density at radius 3 is 2.24 bits per heavy atom. The second-order valence-electron chi connectivity index (χ2n) is 8.12. The van der Waals surface area contributed by atoms with Gasteiger partial charge in [-0.25, -0.2) is 8.42 Å². The van der Waals surface area contributed by atoms with Crippen molar-refractivity contribution in [2.24, 2.45) is 0 Å². The van der Waals surface area contributed by atoms with Crippen molar-refractivity contribution in [1.82, 2.24) is 5.32 Å². The third-order valence-electron chi connectivity index (χ3n) is 5.49. The van der Waals surface area contributed by atoms with E-state index in [1.54, 1.807) is 50.6 Å². The lowest BCUT2D eigenvalue weighted by atomic mass is 10.1. The van der Waals surface area contributed by atoms with Crippen LogP contribution in [0, 0.1) is 6.92 Å². The van der Waals surface area contributed by atoms with Crippen molar-refractivity contribution in [1.29, 1.82) is 0 Å². The van der Waals surface area contributed by atoms with Crippen LogP contribution in [0.3, 0.4) is 0 Å². The maximum Gasteiger partial charge on any atom is 0.251 e. The number of carbonyl (C=O) groups is 1. The van der Waals surface area contributed by atoms with Gasteiger partial charge in [0.05, 0.1) is 38.7 Å². The predicted octanol–water partition coefficient (Wildman–Crippen LogP) is 4.47. The SMILES string of the molecule is COc1ccc([C@H](C)NC(=O)c2ccc(CN(c3cccc(C)c3)S(C)(=O)=O)cc2)cc1OC. The molecule has 0 heterocycles. The number of sulfonamides is 1. The molecule has 0 aliphatic carbocycles. The standard InChI is InChI=1S/C26H30N2O5S/c1-18-7-6-8-23(15-18)28(34(5,30)31)17-20-9-11-21(12-10-20)26(29)27-19(2)22-13-14-24(32-3)25(16-22)33-4/h6-16,19H,17H2,1-5H3,(H,27,29)/t19-/m0/s1. The second-order valence-corrected chi connectivity index (χ2v) is 10.0. The summed E-state index contributed by atoms with van der Waals surface area (Å²) >= 11 is 0. The number of nitrogens with one attached hydrogen (secondary N) is 1. The van der Waals surface area contributed by atoms with Crippen LogP contribution in [-0.4, -0.2) is 34.8 Å². The molecule has 0 unspecified atom stereocenters. The zero-order valence-electron chi connectivity index (χ0n) is 20.0. The normalized spacial score (nSPS) is 12.0. The van der Waals surface area contributed by atoms with E-state index in [4.69, 9.17) is 9.47 Å². The van der Waals surface area contributed by atoms with Crippen LogP contribution in [0.5, 0.6) is 11.5 Å². The Bertz CT molecular complexity index is 1260. The van der Waals surface area contributed by atoms with Gasteiger partial charge in [-0.15, -0.1) is 0 Å². The minimum absolute atomic E-state index is 0.173. The topological polar surface area (TPSA) is 84.9 Å². The van der Waals surface area contributed by atoms with Gasteiger partial charge >= 0.3 is 0 Å². The number of methoxy groups -OCH3 is 2. The molecule has 7 nitrogen and oxygen atoms in total. The van der Waals surface area contributed by atoms with Gasteiger partial charge in [0, 0.05) is 5.56 Å². The molecule has 180 valence electrons. The third-order valence-corrected chi connectivity index (χ3v) is 6.63. The van der Waals surface area contributed by atoms with Gasteiger partial charge in [-0.1, -0.05) is 30.3 Å². The van der Waals surface area contributed by atoms with Crippen LogP contribution in [-0.2, 0) is 16.6 Å². The fraction of sp³-hybridized carbons (Fsp3) is 0.269. The zero-order valence-corrected chi connectivity index (χ0v) is 20.8. The van der Waals surface area contributed by atoms with Gasteiger partial charge in [0.15, 0.2) is 11.5 Å². The minimum Gasteiger partial charge on any atom is -0.493 e. The van der Waals surface area contributed by atoms with E-state index in [0.29, 0.717) is 22.7 Å². The van der Waals surface area contributed by atoms with E-state index in [-0.39, 0.29) is 18.5 Å². The lowest BCUT2D eigenvalue weighted by molar-refractivity contribution is 0.0940. The third kappa shape index (κ3) is 6.08. The van der Waals surface area contributed by atoms with Crippen LogP contribution < -0.4 is 19.1 Å². The Labute approximate surface area is 201 Å². The highest BCUT2D eigenvalue weighted by molar-refractivity contribution is 7.92. The van der Waals surface area contributed by atoms with E-state index in [9.17, 15) is 13.2 Å². The highest BCUT2D eigenvalue weighted by Gasteiger charge is 2.19. The molecule has 0 aromatic heterocycles. The van der Waals surface area contributed by atoms with Crippen molar-refractivity contribution < 1.29 is 22.7 Å². The predicted molar refractivity (Wildman–Crippen MR) is 134 cm³/mol. The number of benzene rings is 3. The molecule has 0 bridgehead atoms. The van der Waals surface area contributed by atoms with Crippen molar-refractivity contribution in [2.45, 2.75) is 26.4 Å². The van der Waals surface area contributed by atoms with Crippen LogP contribution in [0.1, 0.15) is 40.0 Å². The van der Waals surface area contributed by atoms with Crippen molar-refractivity contribution in [3.63, 3.8) is 0 Å². The molecule has 1 atom stereocenters. The summed E-state index contributed by atoms with van der Waals surface area (Å²) in [7, 11) is -0.344. The van der Waals surface area contributed by atoms with Gasteiger partial charge in [-0.05, 0) is 66.9 Å². The number of rotatable bonds is 9. The largest absolute Gasteiger partial charge is 0.493 e. The summed E-state index contributed by atoms with van der Waals surface area (Å²) in [6.45, 7) is 3.98. The van der Waals surface area contributed by atoms with E-state index in [1.807, 2.05) is 44.2 Å². The van der Waals surface area contributed by atoms with Crippen molar-refractivity contribution in [2.75, 3.05) is 24.8 Å². The van der Waals surface area contributed by atoms with Crippen LogP contribution in [0.2, 0.25) is 0 Å². The summed E-state index contributed by atoms with van der Waals surface area (Å²) in [5, 5.41) is 2.98. The summed E-state index contributed by atoms with van der Waals surface area (Å²) < 4.78 is 36.8. The molecular formula is C26H30N2O5S. The molecule has 34 heavy (non-hydrogen) atoms. The molecule has 0 aliphatic rings. The molecule has 8 heteroatoms. The maximum absolute atomic E-state index is 12.8. The van der Waals surface area contributed by atoms with E-state index < -0.39 is 10.0 Å². The lowest BCUT2D eigenvalue weighted by Gasteiger charge is -2.23. The van der Waals surface area contributed by atoms with Crippen LogP contribution in [0.25, 0.3) is 0 Å². The lowest BCUT2D eigenvalue weighted by Crippen LogP contribution is -2.29. The maximum atomic E-state index is 12.8. The molecule has 0 saturated heterocycles. The summed E-state index contributed by atoms with van der Waals surface area (Å²) in [6, 6.07) is 19.5. The van der Waals surface area contributed by atoms with E-state index >= 15 is 0 Å². The number of hydrogen-bond acceptors (Lipinski definition) is 5. The molecule has 0 saturated carbocycles. The Kier molecular flexibility index (Phi) is 7.83. The number of nitrogens with zero attached hydrogens (tertiary/aromatic N) is 1. The van der Waals surface area contributed by atoms with Gasteiger partial charge in [0.1, 0.15) is 0 Å². The van der Waals surface area contributed by atoms with Gasteiger partial charge in [-0.3, -0.25) is 9.10 Å². The molecule has 0 aliphatic heterocycles. The van der Waals surface area contributed by atoms with E-state index in [2.05, 4.69) is 5.32 Å². The van der Waals surface area contributed by atoms with Gasteiger partial charge in [0.2, 0.25) is 10.0 Å². The molecule has 0 spiro atoms. The summed E-state index contributed by atoms with van der Waals surface area (Å²) in [5.41, 5.74) is 3.72. The monoisotopic (exact) mass is 482 g/mol. The first-order valence-electron chi connectivity index (χ1n) is 10.8. The Balaban J connectivity index is 1.72. The number of ether oxygens (including phenoxy) is 2. The first kappa shape index (κ1) is 25.1. The zero-order chi connectivity index (χ0) is 24.9. The average Bonchev–Trinajstić information content (AvgIpc) is 2.81. The summed E-state index contributed by atoms with van der Waals surface area (Å²) in [4.78, 5) is 12.8. The van der Waals surface area contributed by atoms with Gasteiger partial charge < -0.3 is 14.8 Å². The highest BCUT2D eigenvalue weighted by Crippen LogP contribution is 2.30. The van der Waals surface area contributed by atoms with Crippen molar-refractivity contribution in [3.05, 3.63) is 89.0 Å². The van der Waals surface area contributed by atoms with Crippen LogP contribution in [0.4, 0.5) is 5.69 Å². The fourth-order valence-corrected chi connectivity index (χ4v) is 4.48. The second kappa shape index (κ2) is 10.6. The van der Waals surface area contributed by atoms with E-state index in [0.717, 1.165) is 16.7 Å². The molecule has 3 aromatic carbocycles. The Hall–Kier alpha value is -3.52. The smallest absolute Gasteiger partial charge is 0.251 e. The molecule has 1 amide bonds. The number of aryl methyl sites for hydroxylation is 1. The van der Waals surface area contributed by atoms with Crippen molar-refractivity contribution in [3.8, 4) is 11.5 Å². The number of amides is 1. The summed E-state index contributed by atoms with van der Waals surface area (Å²) in [5.74, 6) is 0.983. The molecule has 1 N–H and O–H groups in total. The van der Waals surface area contributed by atoms with Gasteiger partial charge in [0.25, 0.3) is 5.91 Å². The van der Waals surface area contributed by atoms with Crippen LogP contribution in [0.15, 0.2) is 66.7 Å². The Morgan fingerprint density at radius 2 is 1.65 bits per heavy atom. The molecule has 0 radical (unpaired) electrons. The van der Waals surface area contributed by atoms with Crippen LogP contribution >= 0.6 is 0 Å². The summed E-state index contributed by atoms with van der Waals surface area (Å²) in [6.07, 6.45) is 1.19. The van der Waals surface area contributed by atoms with Gasteiger partial charge in [-0.2, -0.15) is 0 Å².